The lowest BCUT2D eigenvalue weighted by atomic mass is 9.67. The second-order valence-corrected chi connectivity index (χ2v) is 9.45. The molecule has 130 valence electrons. The minimum atomic E-state index is -3.39. The molecule has 0 unspecified atom stereocenters. The Hall–Kier alpha value is -0.150. The van der Waals surface area contributed by atoms with E-state index in [2.05, 4.69) is 27.4 Å². The first-order chi connectivity index (χ1) is 10.1. The minimum absolute atomic E-state index is 0.231. The van der Waals surface area contributed by atoms with Crippen molar-refractivity contribution in [3.05, 3.63) is 12.7 Å². The highest BCUT2D eigenvalue weighted by molar-refractivity contribution is 7.55. The molecule has 0 heterocycles. The predicted octanol–water partition coefficient (Wildman–Crippen LogP) is 4.77. The average Bonchev–Trinajstić information content (AvgIpc) is 2.38. The van der Waals surface area contributed by atoms with E-state index in [0.29, 0.717) is 32.0 Å². The third kappa shape index (κ3) is 4.44. The molecule has 1 aliphatic rings. The zero-order valence-corrected chi connectivity index (χ0v) is 15.7. The molecule has 22 heavy (non-hydrogen) atoms. The molecule has 0 spiro atoms. The van der Waals surface area contributed by atoms with E-state index in [1.54, 1.807) is 19.9 Å². The summed E-state index contributed by atoms with van der Waals surface area (Å²) in [6.45, 7) is 14.6. The van der Waals surface area contributed by atoms with E-state index in [0.717, 1.165) is 12.8 Å². The highest BCUT2D eigenvalue weighted by Crippen LogP contribution is 2.60. The maximum Gasteiger partial charge on any atom is 0.340 e. The SMILES string of the molecule is C=C[C@@H](C1(O)CCC(C(C)(C)C)CC1)P(=O)(OCC)OCC. The molecule has 1 N–H and O–H groups in total. The molecule has 1 aliphatic carbocycles. The molecule has 4 nitrogen and oxygen atoms in total. The number of hydrogen-bond acceptors (Lipinski definition) is 4. The quantitative estimate of drug-likeness (QED) is 0.539. The molecular weight excluding hydrogens is 299 g/mol. The van der Waals surface area contributed by atoms with Gasteiger partial charge in [-0.15, -0.1) is 6.58 Å². The van der Waals surface area contributed by atoms with Crippen molar-refractivity contribution in [2.24, 2.45) is 11.3 Å². The Morgan fingerprint density at radius 2 is 1.73 bits per heavy atom. The van der Waals surface area contributed by atoms with Crippen LogP contribution in [0.4, 0.5) is 0 Å². The van der Waals surface area contributed by atoms with Crippen LogP contribution in [0.25, 0.3) is 0 Å². The molecule has 0 aromatic heterocycles. The van der Waals surface area contributed by atoms with Crippen LogP contribution in [0.1, 0.15) is 60.3 Å². The van der Waals surface area contributed by atoms with E-state index in [9.17, 15) is 9.67 Å². The Kier molecular flexibility index (Phi) is 6.88. The van der Waals surface area contributed by atoms with E-state index in [1.807, 2.05) is 0 Å². The summed E-state index contributed by atoms with van der Waals surface area (Å²) < 4.78 is 23.9. The molecule has 0 radical (unpaired) electrons. The number of aliphatic hydroxyl groups is 1. The second kappa shape index (κ2) is 7.61. The first-order valence-electron chi connectivity index (χ1n) is 8.36. The lowest BCUT2D eigenvalue weighted by Crippen LogP contribution is -2.46. The highest BCUT2D eigenvalue weighted by atomic mass is 31.2. The molecular formula is C17H33O4P. The molecule has 0 aromatic rings. The Bertz CT molecular complexity index is 395. The van der Waals surface area contributed by atoms with Gasteiger partial charge in [0, 0.05) is 0 Å². The van der Waals surface area contributed by atoms with Crippen molar-refractivity contribution in [3.63, 3.8) is 0 Å². The predicted molar refractivity (Wildman–Crippen MR) is 91.2 cm³/mol. The van der Waals surface area contributed by atoms with E-state index in [-0.39, 0.29) is 5.41 Å². The van der Waals surface area contributed by atoms with Gasteiger partial charge in [0.1, 0.15) is 5.66 Å². The molecule has 1 saturated carbocycles. The van der Waals surface area contributed by atoms with Crippen LogP contribution in [-0.2, 0) is 13.6 Å². The Morgan fingerprint density at radius 3 is 2.05 bits per heavy atom. The molecule has 1 fully saturated rings. The summed E-state index contributed by atoms with van der Waals surface area (Å²) in [5, 5.41) is 11.1. The molecule has 0 aliphatic heterocycles. The maximum atomic E-state index is 13.1. The Balaban J connectivity index is 2.95. The van der Waals surface area contributed by atoms with Crippen LogP contribution in [0.15, 0.2) is 12.7 Å². The fourth-order valence-corrected chi connectivity index (χ4v) is 5.70. The summed E-state index contributed by atoms with van der Waals surface area (Å²) in [7, 11) is -3.39. The zero-order chi connectivity index (χ0) is 17.0. The summed E-state index contributed by atoms with van der Waals surface area (Å²) in [6, 6.07) is 0. The van der Waals surface area contributed by atoms with E-state index in [1.165, 1.54) is 0 Å². The first-order valence-corrected chi connectivity index (χ1v) is 9.98. The summed E-state index contributed by atoms with van der Waals surface area (Å²) in [5.41, 5.74) is -1.49. The summed E-state index contributed by atoms with van der Waals surface area (Å²) in [5.74, 6) is 0.566. The monoisotopic (exact) mass is 332 g/mol. The topological polar surface area (TPSA) is 55.8 Å². The Labute approximate surface area is 135 Å². The van der Waals surface area contributed by atoms with Gasteiger partial charge in [-0.3, -0.25) is 4.57 Å². The molecule has 1 rings (SSSR count). The zero-order valence-electron chi connectivity index (χ0n) is 14.8. The summed E-state index contributed by atoms with van der Waals surface area (Å²) >= 11 is 0. The van der Waals surface area contributed by atoms with Crippen LogP contribution >= 0.6 is 7.60 Å². The highest BCUT2D eigenvalue weighted by Gasteiger charge is 2.50. The standard InChI is InChI=1S/C17H33O4P/c1-7-15(22(19,20-8-2)21-9-3)17(18)12-10-14(11-13-17)16(4,5)6/h7,14-15,18H,1,8-13H2,2-6H3/t14?,15-,17?/m0/s1. The smallest absolute Gasteiger partial charge is 0.340 e. The van der Waals surface area contributed by atoms with Crippen molar-refractivity contribution in [2.45, 2.75) is 71.6 Å². The third-order valence-corrected chi connectivity index (χ3v) is 7.42. The van der Waals surface area contributed by atoms with Gasteiger partial charge in [-0.25, -0.2) is 0 Å². The van der Waals surface area contributed by atoms with Crippen molar-refractivity contribution in [3.8, 4) is 0 Å². The van der Waals surface area contributed by atoms with Crippen molar-refractivity contribution in [1.29, 1.82) is 0 Å². The maximum absolute atomic E-state index is 13.1. The van der Waals surface area contributed by atoms with Gasteiger partial charge in [-0.05, 0) is 50.9 Å². The molecule has 0 bridgehead atoms. The van der Waals surface area contributed by atoms with Crippen molar-refractivity contribution in [1.82, 2.24) is 0 Å². The van der Waals surface area contributed by atoms with E-state index in [4.69, 9.17) is 9.05 Å². The Morgan fingerprint density at radius 1 is 1.27 bits per heavy atom. The minimum Gasteiger partial charge on any atom is -0.389 e. The molecule has 0 amide bonds. The normalized spacial score (nSPS) is 28.4. The molecule has 1 atom stereocenters. The fraction of sp³-hybridized carbons (Fsp3) is 0.882. The second-order valence-electron chi connectivity index (χ2n) is 7.30. The van der Waals surface area contributed by atoms with Crippen molar-refractivity contribution < 1.29 is 18.7 Å². The molecule has 0 saturated heterocycles. The number of hydrogen-bond donors (Lipinski definition) is 1. The largest absolute Gasteiger partial charge is 0.389 e. The average molecular weight is 332 g/mol. The fourth-order valence-electron chi connectivity index (χ4n) is 3.48. The third-order valence-electron chi connectivity index (χ3n) is 4.81. The van der Waals surface area contributed by atoms with Crippen LogP contribution < -0.4 is 0 Å². The van der Waals surface area contributed by atoms with Crippen LogP contribution in [0, 0.1) is 11.3 Å². The van der Waals surface area contributed by atoms with E-state index < -0.39 is 18.9 Å². The van der Waals surface area contributed by atoms with E-state index >= 15 is 0 Å². The lowest BCUT2D eigenvalue weighted by molar-refractivity contribution is -0.0257. The summed E-state index contributed by atoms with van der Waals surface area (Å²) in [4.78, 5) is 0. The first kappa shape index (κ1) is 19.9. The van der Waals surface area contributed by atoms with Gasteiger partial charge in [0.05, 0.1) is 18.8 Å². The van der Waals surface area contributed by atoms with Gasteiger partial charge in [-0.2, -0.15) is 0 Å². The van der Waals surface area contributed by atoms with Crippen LogP contribution in [0.2, 0.25) is 0 Å². The lowest BCUT2D eigenvalue weighted by Gasteiger charge is -2.45. The summed E-state index contributed by atoms with van der Waals surface area (Å²) in [6.07, 6.45) is 4.61. The van der Waals surface area contributed by atoms with Gasteiger partial charge in [0.2, 0.25) is 0 Å². The van der Waals surface area contributed by atoms with Gasteiger partial charge < -0.3 is 14.2 Å². The number of rotatable bonds is 7. The van der Waals surface area contributed by atoms with Crippen molar-refractivity contribution >= 4 is 7.60 Å². The van der Waals surface area contributed by atoms with Crippen molar-refractivity contribution in [2.75, 3.05) is 13.2 Å². The van der Waals surface area contributed by atoms with Crippen LogP contribution in [0.5, 0.6) is 0 Å². The van der Waals surface area contributed by atoms with Gasteiger partial charge in [0.25, 0.3) is 0 Å². The van der Waals surface area contributed by atoms with Gasteiger partial charge >= 0.3 is 7.60 Å². The molecule has 0 aromatic carbocycles. The van der Waals surface area contributed by atoms with Crippen LogP contribution in [0.3, 0.4) is 0 Å². The van der Waals surface area contributed by atoms with Gasteiger partial charge in [0.15, 0.2) is 0 Å². The molecule has 5 heteroatoms. The van der Waals surface area contributed by atoms with Gasteiger partial charge in [-0.1, -0.05) is 26.8 Å². The van der Waals surface area contributed by atoms with Crippen LogP contribution in [-0.4, -0.2) is 29.6 Å².